The number of hydrogen-bond donors (Lipinski definition) is 1. The topological polar surface area (TPSA) is 67.5 Å². The molecule has 0 unspecified atom stereocenters. The highest BCUT2D eigenvalue weighted by molar-refractivity contribution is 5.97. The molecule has 1 aliphatic rings. The lowest BCUT2D eigenvalue weighted by Gasteiger charge is -2.27. The lowest BCUT2D eigenvalue weighted by atomic mass is 10.1. The van der Waals surface area contributed by atoms with E-state index in [2.05, 4.69) is 19.2 Å². The molecular weight excluding hydrogens is 294 g/mol. The van der Waals surface area contributed by atoms with Gasteiger partial charge in [-0.2, -0.15) is 0 Å². The predicted molar refractivity (Wildman–Crippen MR) is 88.7 cm³/mol. The van der Waals surface area contributed by atoms with Gasteiger partial charge in [0.2, 0.25) is 0 Å². The first-order valence-corrected chi connectivity index (χ1v) is 8.19. The number of oxazole rings is 1. The number of rotatable bonds is 4. The Bertz CT molecular complexity index is 754. The fraction of sp³-hybridized carbons (Fsp3) is 0.529. The largest absolute Gasteiger partial charge is 0.419 e. The molecule has 0 atom stereocenters. The van der Waals surface area contributed by atoms with E-state index in [-0.39, 0.29) is 11.7 Å². The molecular formula is C17H23N3O3. The van der Waals surface area contributed by atoms with Gasteiger partial charge in [-0.1, -0.05) is 13.8 Å². The SMILES string of the molecule is CC(C)CCn1c(=O)oc2ccc(C(=O)N3CCNCC3)cc21. The van der Waals surface area contributed by atoms with Crippen LogP contribution in [0.15, 0.2) is 27.4 Å². The number of aromatic nitrogens is 1. The molecule has 1 aromatic carbocycles. The summed E-state index contributed by atoms with van der Waals surface area (Å²) in [6.45, 7) is 7.90. The third-order valence-corrected chi connectivity index (χ3v) is 4.25. The summed E-state index contributed by atoms with van der Waals surface area (Å²) in [5, 5.41) is 3.24. The van der Waals surface area contributed by atoms with Gasteiger partial charge in [0.05, 0.1) is 5.52 Å². The summed E-state index contributed by atoms with van der Waals surface area (Å²) in [4.78, 5) is 26.5. The molecule has 0 spiro atoms. The number of carbonyl (C=O) groups is 1. The number of aryl methyl sites for hydroxylation is 1. The summed E-state index contributed by atoms with van der Waals surface area (Å²) in [7, 11) is 0. The minimum absolute atomic E-state index is 0.0115. The van der Waals surface area contributed by atoms with Crippen LogP contribution in [0.2, 0.25) is 0 Å². The second-order valence-electron chi connectivity index (χ2n) is 6.43. The average molecular weight is 317 g/mol. The minimum atomic E-state index is -0.354. The zero-order chi connectivity index (χ0) is 16.4. The van der Waals surface area contributed by atoms with Crippen LogP contribution >= 0.6 is 0 Å². The van der Waals surface area contributed by atoms with E-state index in [1.807, 2.05) is 4.90 Å². The van der Waals surface area contributed by atoms with Crippen molar-refractivity contribution in [1.29, 1.82) is 0 Å². The highest BCUT2D eigenvalue weighted by Gasteiger charge is 2.19. The Hall–Kier alpha value is -2.08. The maximum atomic E-state index is 12.6. The standard InChI is InChI=1S/C17H23N3O3/c1-12(2)5-8-20-14-11-13(3-4-15(14)23-17(20)22)16(21)19-9-6-18-7-10-19/h3-4,11-12,18H,5-10H2,1-2H3. The molecule has 1 aromatic heterocycles. The first-order valence-electron chi connectivity index (χ1n) is 8.19. The summed E-state index contributed by atoms with van der Waals surface area (Å²) in [5.74, 6) is 0.155. The Balaban J connectivity index is 1.92. The number of nitrogens with zero attached hydrogens (tertiary/aromatic N) is 2. The van der Waals surface area contributed by atoms with Gasteiger partial charge in [0, 0.05) is 38.3 Å². The number of nitrogens with one attached hydrogen (secondary N) is 1. The fourth-order valence-electron chi connectivity index (χ4n) is 2.84. The van der Waals surface area contributed by atoms with Gasteiger partial charge in [0.15, 0.2) is 5.58 Å². The highest BCUT2D eigenvalue weighted by atomic mass is 16.4. The molecule has 2 heterocycles. The molecule has 1 N–H and O–H groups in total. The molecule has 23 heavy (non-hydrogen) atoms. The van der Waals surface area contributed by atoms with Gasteiger partial charge in [-0.25, -0.2) is 4.79 Å². The molecule has 3 rings (SSSR count). The van der Waals surface area contributed by atoms with Crippen molar-refractivity contribution >= 4 is 17.0 Å². The van der Waals surface area contributed by atoms with E-state index in [0.29, 0.717) is 42.2 Å². The number of benzene rings is 1. The van der Waals surface area contributed by atoms with Gasteiger partial charge >= 0.3 is 5.76 Å². The molecule has 6 heteroatoms. The lowest BCUT2D eigenvalue weighted by molar-refractivity contribution is 0.0736. The summed E-state index contributed by atoms with van der Waals surface area (Å²) >= 11 is 0. The van der Waals surface area contributed by atoms with E-state index < -0.39 is 0 Å². The van der Waals surface area contributed by atoms with Gasteiger partial charge in [-0.05, 0) is 30.5 Å². The maximum Gasteiger partial charge on any atom is 0.419 e. The second-order valence-corrected chi connectivity index (χ2v) is 6.43. The van der Waals surface area contributed by atoms with Gasteiger partial charge in [0.25, 0.3) is 5.91 Å². The van der Waals surface area contributed by atoms with Crippen LogP contribution in [0.25, 0.3) is 11.1 Å². The van der Waals surface area contributed by atoms with Crippen LogP contribution in [0.4, 0.5) is 0 Å². The van der Waals surface area contributed by atoms with Gasteiger partial charge in [-0.3, -0.25) is 9.36 Å². The lowest BCUT2D eigenvalue weighted by Crippen LogP contribution is -2.46. The number of carbonyl (C=O) groups excluding carboxylic acids is 1. The van der Waals surface area contributed by atoms with Crippen molar-refractivity contribution in [2.75, 3.05) is 26.2 Å². The Labute approximate surface area is 135 Å². The van der Waals surface area contributed by atoms with Crippen molar-refractivity contribution < 1.29 is 9.21 Å². The van der Waals surface area contributed by atoms with Crippen molar-refractivity contribution in [3.63, 3.8) is 0 Å². The number of piperazine rings is 1. The molecule has 2 aromatic rings. The third kappa shape index (κ3) is 3.32. The van der Waals surface area contributed by atoms with E-state index in [9.17, 15) is 9.59 Å². The van der Waals surface area contributed by atoms with Crippen LogP contribution in [-0.2, 0) is 6.54 Å². The Kier molecular flexibility index (Phi) is 4.52. The first-order chi connectivity index (χ1) is 11.1. The molecule has 1 fully saturated rings. The monoisotopic (exact) mass is 317 g/mol. The van der Waals surface area contributed by atoms with Crippen molar-refractivity contribution in [2.24, 2.45) is 5.92 Å². The summed E-state index contributed by atoms with van der Waals surface area (Å²) in [6, 6.07) is 5.24. The zero-order valence-corrected chi connectivity index (χ0v) is 13.7. The maximum absolute atomic E-state index is 12.6. The first kappa shape index (κ1) is 15.8. The van der Waals surface area contributed by atoms with Crippen LogP contribution < -0.4 is 11.1 Å². The van der Waals surface area contributed by atoms with Crippen molar-refractivity contribution in [2.45, 2.75) is 26.8 Å². The average Bonchev–Trinajstić information content (AvgIpc) is 2.87. The van der Waals surface area contributed by atoms with Crippen LogP contribution in [0.5, 0.6) is 0 Å². The van der Waals surface area contributed by atoms with Crippen molar-refractivity contribution in [1.82, 2.24) is 14.8 Å². The molecule has 0 radical (unpaired) electrons. The number of fused-ring (bicyclic) bond motifs is 1. The number of hydrogen-bond acceptors (Lipinski definition) is 4. The van der Waals surface area contributed by atoms with E-state index in [1.165, 1.54) is 0 Å². The molecule has 0 saturated carbocycles. The van der Waals surface area contributed by atoms with E-state index in [0.717, 1.165) is 19.5 Å². The zero-order valence-electron chi connectivity index (χ0n) is 13.7. The molecule has 124 valence electrons. The second kappa shape index (κ2) is 6.58. The summed E-state index contributed by atoms with van der Waals surface area (Å²) in [6.07, 6.45) is 0.893. The fourth-order valence-corrected chi connectivity index (χ4v) is 2.84. The summed E-state index contributed by atoms with van der Waals surface area (Å²) < 4.78 is 6.91. The Morgan fingerprint density at radius 3 is 2.74 bits per heavy atom. The van der Waals surface area contributed by atoms with E-state index in [1.54, 1.807) is 22.8 Å². The normalized spacial score (nSPS) is 15.5. The van der Waals surface area contributed by atoms with Crippen LogP contribution in [-0.4, -0.2) is 41.6 Å². The Morgan fingerprint density at radius 1 is 1.30 bits per heavy atom. The molecule has 1 amide bonds. The van der Waals surface area contributed by atoms with Gasteiger partial charge in [0.1, 0.15) is 0 Å². The van der Waals surface area contributed by atoms with Crippen molar-refractivity contribution in [3.8, 4) is 0 Å². The quantitative estimate of drug-likeness (QED) is 0.932. The van der Waals surface area contributed by atoms with Gasteiger partial charge in [-0.15, -0.1) is 0 Å². The Morgan fingerprint density at radius 2 is 2.04 bits per heavy atom. The molecule has 1 saturated heterocycles. The third-order valence-electron chi connectivity index (χ3n) is 4.25. The van der Waals surface area contributed by atoms with Crippen LogP contribution in [0, 0.1) is 5.92 Å². The number of amides is 1. The van der Waals surface area contributed by atoms with Crippen LogP contribution in [0.3, 0.4) is 0 Å². The van der Waals surface area contributed by atoms with Gasteiger partial charge < -0.3 is 14.6 Å². The molecule has 6 nitrogen and oxygen atoms in total. The van der Waals surface area contributed by atoms with E-state index >= 15 is 0 Å². The smallest absolute Gasteiger partial charge is 0.408 e. The van der Waals surface area contributed by atoms with Crippen molar-refractivity contribution in [3.05, 3.63) is 34.3 Å². The van der Waals surface area contributed by atoms with Crippen LogP contribution in [0.1, 0.15) is 30.6 Å². The molecule has 0 bridgehead atoms. The minimum Gasteiger partial charge on any atom is -0.408 e. The molecule has 1 aliphatic heterocycles. The predicted octanol–water partition coefficient (Wildman–Crippen LogP) is 1.69. The highest BCUT2D eigenvalue weighted by Crippen LogP contribution is 2.18. The van der Waals surface area contributed by atoms with E-state index in [4.69, 9.17) is 4.42 Å². The summed E-state index contributed by atoms with van der Waals surface area (Å²) in [5.41, 5.74) is 1.85. The molecule has 0 aliphatic carbocycles.